The monoisotopic (exact) mass is 214 g/mol. The summed E-state index contributed by atoms with van der Waals surface area (Å²) in [6.45, 7) is 2.06. The molecule has 5 nitrogen and oxygen atoms in total. The van der Waals surface area contributed by atoms with Crippen LogP contribution in [-0.2, 0) is 16.1 Å². The summed E-state index contributed by atoms with van der Waals surface area (Å²) in [7, 11) is 0. The van der Waals surface area contributed by atoms with Crippen molar-refractivity contribution in [2.75, 3.05) is 6.61 Å². The second-order valence-electron chi connectivity index (χ2n) is 2.50. The molecule has 0 aliphatic heterocycles. The van der Waals surface area contributed by atoms with Gasteiger partial charge in [0.05, 0.1) is 13.2 Å². The van der Waals surface area contributed by atoms with E-state index in [0.717, 1.165) is 0 Å². The molecule has 0 fully saturated rings. The van der Waals surface area contributed by atoms with Gasteiger partial charge in [0.25, 0.3) is 0 Å². The number of nitrogens with zero attached hydrogens (tertiary/aromatic N) is 1. The number of esters is 1. The molecule has 1 aromatic heterocycles. The van der Waals surface area contributed by atoms with E-state index in [1.165, 1.54) is 10.7 Å². The topological polar surface area (TPSA) is 64.1 Å². The van der Waals surface area contributed by atoms with Gasteiger partial charge in [-0.05, 0) is 6.92 Å². The molecule has 0 amide bonds. The Bertz CT molecular complexity index is 394. The molecule has 0 aliphatic carbocycles. The van der Waals surface area contributed by atoms with Crippen molar-refractivity contribution in [3.8, 4) is 0 Å². The molecule has 0 aromatic carbocycles. The van der Waals surface area contributed by atoms with Crippen LogP contribution >= 0.6 is 12.2 Å². The van der Waals surface area contributed by atoms with E-state index in [9.17, 15) is 9.59 Å². The summed E-state index contributed by atoms with van der Waals surface area (Å²) < 4.78 is 6.54. The van der Waals surface area contributed by atoms with E-state index in [-0.39, 0.29) is 18.8 Å². The van der Waals surface area contributed by atoms with Gasteiger partial charge in [0.1, 0.15) is 16.6 Å². The standard InChI is InChI=1S/C8H10N2O3S/c1-2-13-8(12)6-5-7(14)9-10(6)3-4-11/h4-5H,2-3H2,1H3,(H,9,14). The second kappa shape index (κ2) is 4.71. The fourth-order valence-electron chi connectivity index (χ4n) is 1.02. The molecular weight excluding hydrogens is 204 g/mol. The zero-order valence-corrected chi connectivity index (χ0v) is 8.47. The third-order valence-electron chi connectivity index (χ3n) is 1.55. The molecule has 0 saturated carbocycles. The maximum absolute atomic E-state index is 11.3. The lowest BCUT2D eigenvalue weighted by Crippen LogP contribution is -2.13. The van der Waals surface area contributed by atoms with Crippen LogP contribution in [0.25, 0.3) is 0 Å². The van der Waals surface area contributed by atoms with Crippen molar-refractivity contribution in [3.05, 3.63) is 16.4 Å². The van der Waals surface area contributed by atoms with Gasteiger partial charge >= 0.3 is 5.97 Å². The van der Waals surface area contributed by atoms with Gasteiger partial charge in [0.15, 0.2) is 0 Å². The smallest absolute Gasteiger partial charge is 0.356 e. The van der Waals surface area contributed by atoms with Crippen LogP contribution in [0.4, 0.5) is 0 Å². The van der Waals surface area contributed by atoms with Crippen molar-refractivity contribution in [1.29, 1.82) is 0 Å². The number of rotatable bonds is 4. The van der Waals surface area contributed by atoms with Crippen LogP contribution < -0.4 is 0 Å². The summed E-state index contributed by atoms with van der Waals surface area (Å²) >= 11 is 4.84. The first kappa shape index (κ1) is 10.6. The highest BCUT2D eigenvalue weighted by atomic mass is 32.1. The first-order chi connectivity index (χ1) is 6.69. The van der Waals surface area contributed by atoms with Gasteiger partial charge in [0, 0.05) is 6.07 Å². The average Bonchev–Trinajstić information content (AvgIpc) is 2.48. The van der Waals surface area contributed by atoms with Crippen LogP contribution in [0.1, 0.15) is 17.4 Å². The predicted octanol–water partition coefficient (Wildman–Crippen LogP) is 0.921. The summed E-state index contributed by atoms with van der Waals surface area (Å²) in [6, 6.07) is 1.47. The first-order valence-corrected chi connectivity index (χ1v) is 4.50. The highest BCUT2D eigenvalue weighted by Gasteiger charge is 2.12. The minimum absolute atomic E-state index is 0.0603. The molecule has 6 heteroatoms. The number of ether oxygens (including phenoxy) is 1. The Morgan fingerprint density at radius 3 is 3.07 bits per heavy atom. The van der Waals surface area contributed by atoms with Gasteiger partial charge in [-0.2, -0.15) is 0 Å². The van der Waals surface area contributed by atoms with Crippen molar-refractivity contribution >= 4 is 24.5 Å². The van der Waals surface area contributed by atoms with Gasteiger partial charge in [-0.1, -0.05) is 12.2 Å². The summed E-state index contributed by atoms with van der Waals surface area (Å²) in [5, 5.41) is 2.68. The van der Waals surface area contributed by atoms with E-state index in [0.29, 0.717) is 10.9 Å². The maximum Gasteiger partial charge on any atom is 0.356 e. The van der Waals surface area contributed by atoms with Crippen molar-refractivity contribution in [2.45, 2.75) is 13.5 Å². The van der Waals surface area contributed by atoms with Crippen LogP contribution in [0.2, 0.25) is 0 Å². The van der Waals surface area contributed by atoms with Gasteiger partial charge in [0.2, 0.25) is 0 Å². The quantitative estimate of drug-likeness (QED) is 0.460. The fourth-order valence-corrected chi connectivity index (χ4v) is 1.24. The molecule has 1 rings (SSSR count). The van der Waals surface area contributed by atoms with Crippen LogP contribution in [0.3, 0.4) is 0 Å². The molecule has 0 aliphatic rings. The van der Waals surface area contributed by atoms with Gasteiger partial charge in [-0.15, -0.1) is 0 Å². The number of aromatic nitrogens is 2. The molecule has 76 valence electrons. The normalized spacial score (nSPS) is 9.79. The Morgan fingerprint density at radius 2 is 2.50 bits per heavy atom. The van der Waals surface area contributed by atoms with Crippen LogP contribution in [0.5, 0.6) is 0 Å². The molecule has 0 radical (unpaired) electrons. The second-order valence-corrected chi connectivity index (χ2v) is 2.94. The van der Waals surface area contributed by atoms with E-state index >= 15 is 0 Å². The fraction of sp³-hybridized carbons (Fsp3) is 0.375. The molecule has 0 unspecified atom stereocenters. The molecule has 1 heterocycles. The number of carbonyl (C=O) groups is 2. The highest BCUT2D eigenvalue weighted by Crippen LogP contribution is 2.02. The number of hydrogen-bond acceptors (Lipinski definition) is 4. The summed E-state index contributed by atoms with van der Waals surface area (Å²) in [6.07, 6.45) is 0.675. The van der Waals surface area contributed by atoms with Crippen molar-refractivity contribution in [2.24, 2.45) is 0 Å². The van der Waals surface area contributed by atoms with Crippen LogP contribution in [0, 0.1) is 4.64 Å². The molecule has 0 atom stereocenters. The molecule has 1 aromatic rings. The number of hydrogen-bond donors (Lipinski definition) is 1. The molecule has 0 bridgehead atoms. The Morgan fingerprint density at radius 1 is 1.79 bits per heavy atom. The first-order valence-electron chi connectivity index (χ1n) is 4.09. The minimum Gasteiger partial charge on any atom is -0.461 e. The maximum atomic E-state index is 11.3. The predicted molar refractivity (Wildman–Crippen MR) is 51.6 cm³/mol. The Hall–Kier alpha value is -1.43. The zero-order chi connectivity index (χ0) is 10.6. The highest BCUT2D eigenvalue weighted by molar-refractivity contribution is 7.71. The Labute approximate surface area is 85.7 Å². The minimum atomic E-state index is -0.485. The number of aromatic amines is 1. The van der Waals surface area contributed by atoms with Crippen molar-refractivity contribution < 1.29 is 14.3 Å². The SMILES string of the molecule is CCOC(=O)c1cc(=S)[nH]n1CC=O. The third kappa shape index (κ3) is 2.29. The molecule has 0 spiro atoms. The molecule has 14 heavy (non-hydrogen) atoms. The average molecular weight is 214 g/mol. The number of aldehydes is 1. The van der Waals surface area contributed by atoms with E-state index in [1.54, 1.807) is 6.92 Å². The lowest BCUT2D eigenvalue weighted by atomic mass is 10.4. The lowest BCUT2D eigenvalue weighted by molar-refractivity contribution is -0.108. The Balaban J connectivity index is 2.99. The summed E-state index contributed by atoms with van der Waals surface area (Å²) in [5.74, 6) is -0.485. The van der Waals surface area contributed by atoms with Crippen molar-refractivity contribution in [1.82, 2.24) is 9.78 Å². The van der Waals surface area contributed by atoms with Crippen molar-refractivity contribution in [3.63, 3.8) is 0 Å². The Kier molecular flexibility index (Phi) is 3.58. The van der Waals surface area contributed by atoms with Crippen LogP contribution in [-0.4, -0.2) is 28.6 Å². The number of carbonyl (C=O) groups excluding carboxylic acids is 2. The lowest BCUT2D eigenvalue weighted by Gasteiger charge is -2.03. The molecule has 1 N–H and O–H groups in total. The van der Waals surface area contributed by atoms with Gasteiger partial charge < -0.3 is 9.53 Å². The van der Waals surface area contributed by atoms with E-state index in [1.807, 2.05) is 0 Å². The van der Waals surface area contributed by atoms with E-state index < -0.39 is 5.97 Å². The van der Waals surface area contributed by atoms with E-state index in [4.69, 9.17) is 17.0 Å². The molecule has 0 saturated heterocycles. The largest absolute Gasteiger partial charge is 0.461 e. The zero-order valence-electron chi connectivity index (χ0n) is 7.65. The van der Waals surface area contributed by atoms with Gasteiger partial charge in [-0.3, -0.25) is 9.78 Å². The summed E-state index contributed by atoms with van der Waals surface area (Å²) in [4.78, 5) is 21.6. The van der Waals surface area contributed by atoms with Gasteiger partial charge in [-0.25, -0.2) is 4.79 Å². The summed E-state index contributed by atoms with van der Waals surface area (Å²) in [5.41, 5.74) is 0.268. The molecular formula is C8H10N2O3S. The third-order valence-corrected chi connectivity index (χ3v) is 1.75. The van der Waals surface area contributed by atoms with E-state index in [2.05, 4.69) is 5.10 Å². The van der Waals surface area contributed by atoms with Crippen LogP contribution in [0.15, 0.2) is 6.07 Å². The number of H-pyrrole nitrogens is 1. The number of nitrogens with one attached hydrogen (secondary N) is 1.